The zero-order chi connectivity index (χ0) is 31.3. The lowest BCUT2D eigenvalue weighted by Crippen LogP contribution is -2.35. The first kappa shape index (κ1) is 28.8. The molecule has 0 unspecified atom stereocenters. The predicted octanol–water partition coefficient (Wildman–Crippen LogP) is 3.79. The topological polar surface area (TPSA) is 139 Å². The Balaban J connectivity index is 1.38. The highest BCUT2D eigenvalue weighted by Gasteiger charge is 2.32. The predicted molar refractivity (Wildman–Crippen MR) is 172 cm³/mol. The molecule has 0 saturated heterocycles. The standard InChI is InChI=1S/C33H31N7O4S/c1-3-21-14-15-22-10-7-8-13-25-26(22)27(21)33(42)40(24-11-5-4-6-12-24)29(25)20(2)35-32(41)28-30(36-39-19-9-18-34-31(28)39)38-45(43,44)37-23-16-17-23/h1,4-6,9,11-12,14-15,18-20,23,37H,7-8,10,13,16-17H2,2H3,(H,35,41)(H,36,38)/t20-/m0/s1. The normalized spacial score (nSPS) is 15.4. The molecule has 3 aromatic heterocycles. The molecular formula is C33H31N7O4S. The van der Waals surface area contributed by atoms with Crippen LogP contribution in [0.25, 0.3) is 22.1 Å². The molecule has 0 radical (unpaired) electrons. The van der Waals surface area contributed by atoms with Crippen LogP contribution in [-0.2, 0) is 23.1 Å². The van der Waals surface area contributed by atoms with Crippen LogP contribution in [-0.4, -0.2) is 39.5 Å². The fraction of sp³-hybridized carbons (Fsp3) is 0.273. The van der Waals surface area contributed by atoms with E-state index in [1.807, 2.05) is 49.4 Å². The summed E-state index contributed by atoms with van der Waals surface area (Å²) >= 11 is 0. The van der Waals surface area contributed by atoms with Crippen LogP contribution < -0.4 is 20.3 Å². The molecule has 0 spiro atoms. The summed E-state index contributed by atoms with van der Waals surface area (Å²) < 4.78 is 33.7. The highest BCUT2D eigenvalue weighted by molar-refractivity contribution is 7.90. The second-order valence-electron chi connectivity index (χ2n) is 11.5. The maximum absolute atomic E-state index is 14.4. The molecule has 2 aromatic carbocycles. The zero-order valence-corrected chi connectivity index (χ0v) is 25.4. The summed E-state index contributed by atoms with van der Waals surface area (Å²) in [6, 6.07) is 13.9. The molecule has 228 valence electrons. The third kappa shape index (κ3) is 5.24. The Morgan fingerprint density at radius 1 is 1.07 bits per heavy atom. The number of hydrogen-bond donors (Lipinski definition) is 3. The van der Waals surface area contributed by atoms with Crippen LogP contribution in [0.4, 0.5) is 5.82 Å². The molecule has 3 heterocycles. The summed E-state index contributed by atoms with van der Waals surface area (Å²) in [5, 5.41) is 8.73. The van der Waals surface area contributed by atoms with Crippen LogP contribution in [0.3, 0.4) is 0 Å². The molecule has 3 N–H and O–H groups in total. The van der Waals surface area contributed by atoms with Gasteiger partial charge in [0.1, 0.15) is 5.56 Å². The fourth-order valence-corrected chi connectivity index (χ4v) is 7.40. The molecule has 1 saturated carbocycles. The van der Waals surface area contributed by atoms with Gasteiger partial charge in [-0.05, 0) is 86.2 Å². The molecule has 0 bridgehead atoms. The lowest BCUT2D eigenvalue weighted by Gasteiger charge is -2.25. The van der Waals surface area contributed by atoms with E-state index in [1.165, 1.54) is 10.7 Å². The van der Waals surface area contributed by atoms with Crippen LogP contribution in [0.5, 0.6) is 0 Å². The fourth-order valence-electron chi connectivity index (χ4n) is 6.27. The molecule has 2 aliphatic carbocycles. The molecule has 45 heavy (non-hydrogen) atoms. The highest BCUT2D eigenvalue weighted by atomic mass is 32.2. The maximum Gasteiger partial charge on any atom is 0.300 e. The van der Waals surface area contributed by atoms with Crippen molar-refractivity contribution in [2.75, 3.05) is 4.72 Å². The molecule has 11 nitrogen and oxygen atoms in total. The second-order valence-corrected chi connectivity index (χ2v) is 13.0. The van der Waals surface area contributed by atoms with Gasteiger partial charge in [0, 0.05) is 29.7 Å². The summed E-state index contributed by atoms with van der Waals surface area (Å²) in [5.41, 5.74) is 3.73. The molecule has 1 fully saturated rings. The Labute approximate surface area is 259 Å². The van der Waals surface area contributed by atoms with Gasteiger partial charge in [0.25, 0.3) is 11.5 Å². The highest BCUT2D eigenvalue weighted by Crippen LogP contribution is 2.35. The molecule has 12 heteroatoms. The van der Waals surface area contributed by atoms with Crippen molar-refractivity contribution in [3.05, 3.63) is 99.2 Å². The summed E-state index contributed by atoms with van der Waals surface area (Å²) in [5.74, 6) is 1.97. The average Bonchev–Trinajstić information content (AvgIpc) is 3.79. The van der Waals surface area contributed by atoms with Crippen molar-refractivity contribution in [1.29, 1.82) is 0 Å². The van der Waals surface area contributed by atoms with Gasteiger partial charge < -0.3 is 5.32 Å². The third-order valence-corrected chi connectivity index (χ3v) is 9.47. The van der Waals surface area contributed by atoms with E-state index in [0.29, 0.717) is 28.8 Å². The lowest BCUT2D eigenvalue weighted by molar-refractivity contribution is 0.0941. The van der Waals surface area contributed by atoms with Crippen molar-refractivity contribution in [3.63, 3.8) is 0 Å². The number of aromatic nitrogens is 4. The van der Waals surface area contributed by atoms with Gasteiger partial charge in [-0.25, -0.2) is 9.50 Å². The number of aryl methyl sites for hydroxylation is 2. The number of hydrogen-bond acceptors (Lipinski definition) is 6. The van der Waals surface area contributed by atoms with Crippen molar-refractivity contribution >= 4 is 38.4 Å². The lowest BCUT2D eigenvalue weighted by atomic mass is 9.92. The minimum absolute atomic E-state index is 0.0285. The Morgan fingerprint density at radius 2 is 1.84 bits per heavy atom. The summed E-state index contributed by atoms with van der Waals surface area (Å²) in [6.07, 6.45) is 13.8. The molecule has 2 aliphatic rings. The number of terminal acetylenes is 1. The van der Waals surface area contributed by atoms with Gasteiger partial charge in [0.15, 0.2) is 11.5 Å². The van der Waals surface area contributed by atoms with E-state index in [2.05, 4.69) is 30.8 Å². The Bertz CT molecular complexity index is 2200. The Morgan fingerprint density at radius 3 is 2.60 bits per heavy atom. The van der Waals surface area contributed by atoms with Crippen LogP contribution in [0.1, 0.15) is 71.4 Å². The summed E-state index contributed by atoms with van der Waals surface area (Å²) in [7, 11) is -3.99. The number of carbonyl (C=O) groups is 1. The summed E-state index contributed by atoms with van der Waals surface area (Å²) in [4.78, 5) is 32.9. The monoisotopic (exact) mass is 621 g/mol. The van der Waals surface area contributed by atoms with Crippen molar-refractivity contribution < 1.29 is 13.2 Å². The average molecular weight is 622 g/mol. The van der Waals surface area contributed by atoms with Gasteiger partial charge >= 0.3 is 10.2 Å². The minimum Gasteiger partial charge on any atom is -0.344 e. The van der Waals surface area contributed by atoms with Crippen molar-refractivity contribution in [1.82, 2.24) is 29.2 Å². The maximum atomic E-state index is 14.4. The number of nitrogens with zero attached hydrogens (tertiary/aromatic N) is 4. The van der Waals surface area contributed by atoms with Gasteiger partial charge in [-0.3, -0.25) is 18.9 Å². The smallest absolute Gasteiger partial charge is 0.300 e. The van der Waals surface area contributed by atoms with E-state index < -0.39 is 22.2 Å². The Hall–Kier alpha value is -4.99. The van der Waals surface area contributed by atoms with E-state index in [4.69, 9.17) is 6.42 Å². The van der Waals surface area contributed by atoms with E-state index in [9.17, 15) is 18.0 Å². The minimum atomic E-state index is -3.99. The quantitative estimate of drug-likeness (QED) is 0.225. The van der Waals surface area contributed by atoms with E-state index >= 15 is 0 Å². The number of nitrogens with one attached hydrogen (secondary N) is 3. The summed E-state index contributed by atoms with van der Waals surface area (Å²) in [6.45, 7) is 1.82. The number of pyridine rings is 1. The Kier molecular flexibility index (Phi) is 7.14. The SMILES string of the molecule is C#Cc1ccc2c3c(c([C@H](C)NC(=O)c4c(NS(=O)(=O)NC5CC5)nn5cccnc45)n(-c4ccccc4)c(=O)c13)CCCC2. The van der Waals surface area contributed by atoms with E-state index in [0.717, 1.165) is 48.6 Å². The van der Waals surface area contributed by atoms with Crippen molar-refractivity contribution in [2.24, 2.45) is 0 Å². The number of fused-ring (bicyclic) bond motifs is 1. The van der Waals surface area contributed by atoms with Crippen LogP contribution in [0, 0.1) is 12.3 Å². The molecule has 7 rings (SSSR count). The first-order chi connectivity index (χ1) is 21.8. The van der Waals surface area contributed by atoms with Crippen LogP contribution in [0.2, 0.25) is 0 Å². The molecule has 1 atom stereocenters. The number of carbonyl (C=O) groups excluding carboxylic acids is 1. The molecule has 1 amide bonds. The largest absolute Gasteiger partial charge is 0.344 e. The van der Waals surface area contributed by atoms with Gasteiger partial charge in [-0.1, -0.05) is 30.2 Å². The van der Waals surface area contributed by atoms with Crippen molar-refractivity contribution in [2.45, 2.75) is 57.5 Å². The van der Waals surface area contributed by atoms with Gasteiger partial charge in [0.05, 0.1) is 17.1 Å². The number of para-hydroxylation sites is 1. The van der Waals surface area contributed by atoms with Crippen molar-refractivity contribution in [3.8, 4) is 18.0 Å². The number of benzene rings is 2. The zero-order valence-electron chi connectivity index (χ0n) is 24.6. The van der Waals surface area contributed by atoms with Crippen LogP contribution in [0.15, 0.2) is 65.7 Å². The van der Waals surface area contributed by atoms with Gasteiger partial charge in [-0.15, -0.1) is 11.5 Å². The van der Waals surface area contributed by atoms with Crippen LogP contribution >= 0.6 is 0 Å². The van der Waals surface area contributed by atoms with E-state index in [-0.39, 0.29) is 28.6 Å². The van der Waals surface area contributed by atoms with Gasteiger partial charge in [-0.2, -0.15) is 13.1 Å². The molecular weight excluding hydrogens is 590 g/mol. The third-order valence-electron chi connectivity index (χ3n) is 8.36. The van der Waals surface area contributed by atoms with Gasteiger partial charge in [0.2, 0.25) is 0 Å². The number of rotatable bonds is 8. The van der Waals surface area contributed by atoms with E-state index in [1.54, 1.807) is 16.8 Å². The second kappa shape index (κ2) is 11.2. The molecule has 0 aliphatic heterocycles. The molecule has 5 aromatic rings. The number of amides is 1. The first-order valence-corrected chi connectivity index (χ1v) is 16.4. The number of anilines is 1. The first-order valence-electron chi connectivity index (χ1n) is 15.0.